The molecule has 1 N–H and O–H groups in total. The SMILES string of the molecule is CC/C=C\C/C=C\C/C=C\C/C=C\C/C=C\C/C=C\C/C=C\CCCCCCCCCCCC(=O)OC(COC(=O)CCCCCCCCCCCCCCC/C=C\C/C=C\C/C=C\C/C=C\C/C=C\CC)COC(OCC[N+](C)(C)C)C(=O)O. The molecule has 85 heavy (non-hydrogen) atoms. The highest BCUT2D eigenvalue weighted by Gasteiger charge is 2.25. The number of likely N-dealkylation sites (N-methyl/N-ethyl adjacent to an activating group) is 1. The minimum Gasteiger partial charge on any atom is -0.477 e. The molecule has 0 spiro atoms. The lowest BCUT2D eigenvalue weighted by molar-refractivity contribution is -0.870. The van der Waals surface area contributed by atoms with Crippen LogP contribution in [-0.4, -0.2) is 87.4 Å². The van der Waals surface area contributed by atoms with Crippen LogP contribution in [0.4, 0.5) is 0 Å². The lowest BCUT2D eigenvalue weighted by atomic mass is 10.0. The van der Waals surface area contributed by atoms with E-state index in [0.717, 1.165) is 122 Å². The van der Waals surface area contributed by atoms with Gasteiger partial charge in [-0.2, -0.15) is 0 Å². The number of hydrogen-bond acceptors (Lipinski definition) is 7. The molecule has 9 nitrogen and oxygen atoms in total. The lowest BCUT2D eigenvalue weighted by Gasteiger charge is -2.25. The second kappa shape index (κ2) is 65.2. The number of allylic oxidation sites excluding steroid dienone is 24. The predicted octanol–water partition coefficient (Wildman–Crippen LogP) is 21.1. The second-order valence-corrected chi connectivity index (χ2v) is 23.4. The van der Waals surface area contributed by atoms with E-state index in [9.17, 15) is 19.5 Å². The fourth-order valence-electron chi connectivity index (χ4n) is 8.96. The number of ether oxygens (including phenoxy) is 4. The maximum Gasteiger partial charge on any atom is 0.361 e. The van der Waals surface area contributed by atoms with Gasteiger partial charge in [-0.25, -0.2) is 4.79 Å². The van der Waals surface area contributed by atoms with Gasteiger partial charge in [0.15, 0.2) is 6.10 Å². The second-order valence-electron chi connectivity index (χ2n) is 23.4. The van der Waals surface area contributed by atoms with Gasteiger partial charge in [0.25, 0.3) is 6.29 Å². The van der Waals surface area contributed by atoms with E-state index in [2.05, 4.69) is 160 Å². The fourth-order valence-corrected chi connectivity index (χ4v) is 8.96. The number of unbranched alkanes of at least 4 members (excludes halogenated alkanes) is 22. The van der Waals surface area contributed by atoms with Crippen LogP contribution in [0.3, 0.4) is 0 Å². The number of hydrogen-bond donors (Lipinski definition) is 1. The lowest BCUT2D eigenvalue weighted by Crippen LogP contribution is -2.40. The maximum absolute atomic E-state index is 12.9. The maximum atomic E-state index is 12.9. The number of carbonyl (C=O) groups is 3. The molecule has 0 amide bonds. The minimum atomic E-state index is -1.52. The zero-order valence-corrected chi connectivity index (χ0v) is 55.0. The molecule has 0 saturated carbocycles. The van der Waals surface area contributed by atoms with Gasteiger partial charge in [0.1, 0.15) is 13.2 Å². The van der Waals surface area contributed by atoms with Crippen LogP contribution < -0.4 is 0 Å². The molecule has 482 valence electrons. The molecular weight excluding hydrogens is 1050 g/mol. The van der Waals surface area contributed by atoms with Crippen LogP contribution >= 0.6 is 0 Å². The Morgan fingerprint density at radius 1 is 0.353 bits per heavy atom. The third-order valence-corrected chi connectivity index (χ3v) is 14.1. The highest BCUT2D eigenvalue weighted by Crippen LogP contribution is 2.16. The van der Waals surface area contributed by atoms with Crippen LogP contribution in [0.2, 0.25) is 0 Å². The Balaban J connectivity index is 4.20. The smallest absolute Gasteiger partial charge is 0.361 e. The summed E-state index contributed by atoms with van der Waals surface area (Å²) in [6.45, 7) is 4.64. The first-order valence-electron chi connectivity index (χ1n) is 34.0. The van der Waals surface area contributed by atoms with Crippen LogP contribution in [0.25, 0.3) is 0 Å². The number of rotatable bonds is 61. The highest BCUT2D eigenvalue weighted by atomic mass is 16.7. The molecular formula is C76H126NO8+. The predicted molar refractivity (Wildman–Crippen MR) is 364 cm³/mol. The molecule has 0 aliphatic carbocycles. The Labute approximate surface area is 522 Å². The van der Waals surface area contributed by atoms with Crippen LogP contribution in [0.1, 0.15) is 258 Å². The number of carboxylic acids is 1. The van der Waals surface area contributed by atoms with Gasteiger partial charge < -0.3 is 28.5 Å². The van der Waals surface area contributed by atoms with Gasteiger partial charge in [-0.05, 0) is 116 Å². The van der Waals surface area contributed by atoms with Crippen molar-refractivity contribution in [1.82, 2.24) is 0 Å². The number of aliphatic carboxylic acids is 1. The Hall–Kier alpha value is -4.83. The van der Waals surface area contributed by atoms with Crippen molar-refractivity contribution < 1.29 is 42.9 Å². The molecule has 0 aromatic rings. The summed E-state index contributed by atoms with van der Waals surface area (Å²) in [6.07, 6.45) is 92.3. The number of carbonyl (C=O) groups excluding carboxylic acids is 2. The first-order valence-corrected chi connectivity index (χ1v) is 34.0. The van der Waals surface area contributed by atoms with E-state index in [1.807, 2.05) is 21.1 Å². The van der Waals surface area contributed by atoms with E-state index in [1.54, 1.807) is 0 Å². The highest BCUT2D eigenvalue weighted by molar-refractivity contribution is 5.71. The quantitative estimate of drug-likeness (QED) is 0.0211. The molecule has 0 aliphatic rings. The molecule has 0 bridgehead atoms. The molecule has 9 heteroatoms. The van der Waals surface area contributed by atoms with E-state index >= 15 is 0 Å². The van der Waals surface area contributed by atoms with E-state index < -0.39 is 24.3 Å². The Bertz CT molecular complexity index is 1900. The summed E-state index contributed by atoms with van der Waals surface area (Å²) in [5.41, 5.74) is 0. The molecule has 0 saturated heterocycles. The first kappa shape index (κ1) is 80.2. The van der Waals surface area contributed by atoms with E-state index in [-0.39, 0.29) is 32.2 Å². The number of quaternary nitrogens is 1. The summed E-state index contributed by atoms with van der Waals surface area (Å²) in [7, 11) is 5.97. The van der Waals surface area contributed by atoms with Crippen molar-refractivity contribution in [2.45, 2.75) is 270 Å². The molecule has 0 aliphatic heterocycles. The molecule has 0 aromatic carbocycles. The van der Waals surface area contributed by atoms with Gasteiger partial charge in [0.05, 0.1) is 34.4 Å². The third-order valence-electron chi connectivity index (χ3n) is 14.1. The third kappa shape index (κ3) is 66.5. The van der Waals surface area contributed by atoms with Crippen molar-refractivity contribution in [3.05, 3.63) is 146 Å². The van der Waals surface area contributed by atoms with Crippen molar-refractivity contribution in [2.75, 3.05) is 47.5 Å². The molecule has 2 atom stereocenters. The number of carboxylic acid groups (broad SMARTS) is 1. The zero-order valence-electron chi connectivity index (χ0n) is 55.0. The monoisotopic (exact) mass is 1180 g/mol. The van der Waals surface area contributed by atoms with Gasteiger partial charge in [-0.15, -0.1) is 0 Å². The standard InChI is InChI=1S/C76H125NO8/c1-6-8-10-12-14-16-18-20-22-24-26-28-30-32-34-36-37-39-41-43-45-47-49-51-53-55-57-59-61-63-65-67-74(79)85-72(71-84-76(75(80)81)82-69-68-77(3,4)5)70-83-73(78)66-64-62-60-58-56-54-52-50-48-46-44-42-40-38-35-33-31-29-27-25-23-21-19-17-15-13-11-9-7-2/h8-11,14-17,20-23,26-29,32-35,37,39,43,45,72,76H,6-7,12-13,18-19,24-25,30-31,36,38,40-42,44,46-71H2,1-5H3/p+1/b10-8-,11-9-,16-14-,17-15-,22-20-,23-21-,28-26-,29-27-,34-32-,35-33-,39-37-,45-43-. The van der Waals surface area contributed by atoms with Crippen molar-refractivity contribution >= 4 is 17.9 Å². The Morgan fingerprint density at radius 3 is 0.941 bits per heavy atom. The summed E-state index contributed by atoms with van der Waals surface area (Å²) < 4.78 is 23.0. The molecule has 0 radical (unpaired) electrons. The molecule has 0 fully saturated rings. The van der Waals surface area contributed by atoms with Crippen LogP contribution in [-0.2, 0) is 33.3 Å². The van der Waals surface area contributed by atoms with E-state index in [0.29, 0.717) is 23.9 Å². The van der Waals surface area contributed by atoms with Gasteiger partial charge in [-0.1, -0.05) is 275 Å². The van der Waals surface area contributed by atoms with Crippen molar-refractivity contribution in [1.29, 1.82) is 0 Å². The topological polar surface area (TPSA) is 108 Å². The van der Waals surface area contributed by atoms with Gasteiger partial charge in [0.2, 0.25) is 0 Å². The van der Waals surface area contributed by atoms with Gasteiger partial charge in [-0.3, -0.25) is 9.59 Å². The summed E-state index contributed by atoms with van der Waals surface area (Å²) in [6, 6.07) is 0. The fraction of sp³-hybridized carbons (Fsp3) is 0.645. The number of esters is 2. The molecule has 0 heterocycles. The first-order chi connectivity index (χ1) is 41.6. The van der Waals surface area contributed by atoms with E-state index in [1.165, 1.54) is 103 Å². The molecule has 0 aromatic heterocycles. The Morgan fingerprint density at radius 2 is 0.635 bits per heavy atom. The minimum absolute atomic E-state index is 0.179. The average Bonchev–Trinajstić information content (AvgIpc) is 3.49. The summed E-state index contributed by atoms with van der Waals surface area (Å²) in [5, 5.41) is 9.75. The summed E-state index contributed by atoms with van der Waals surface area (Å²) >= 11 is 0. The largest absolute Gasteiger partial charge is 0.477 e. The Kier molecular flexibility index (Phi) is 61.4. The zero-order chi connectivity index (χ0) is 61.9. The van der Waals surface area contributed by atoms with Crippen LogP contribution in [0.5, 0.6) is 0 Å². The van der Waals surface area contributed by atoms with E-state index in [4.69, 9.17) is 18.9 Å². The van der Waals surface area contributed by atoms with Crippen LogP contribution in [0, 0.1) is 0 Å². The summed E-state index contributed by atoms with van der Waals surface area (Å²) in [4.78, 5) is 37.6. The molecule has 0 rings (SSSR count). The summed E-state index contributed by atoms with van der Waals surface area (Å²) in [5.74, 6) is -2.02. The van der Waals surface area contributed by atoms with Gasteiger partial charge in [0, 0.05) is 12.8 Å². The van der Waals surface area contributed by atoms with Crippen LogP contribution in [0.15, 0.2) is 146 Å². The van der Waals surface area contributed by atoms with Crippen molar-refractivity contribution in [3.8, 4) is 0 Å². The molecule has 2 unspecified atom stereocenters. The number of nitrogens with zero attached hydrogens (tertiary/aromatic N) is 1. The van der Waals surface area contributed by atoms with Crippen molar-refractivity contribution in [2.24, 2.45) is 0 Å². The van der Waals surface area contributed by atoms with Crippen molar-refractivity contribution in [3.63, 3.8) is 0 Å². The average molecular weight is 1180 g/mol. The van der Waals surface area contributed by atoms with Gasteiger partial charge >= 0.3 is 17.9 Å². The normalized spacial score (nSPS) is 13.7.